The van der Waals surface area contributed by atoms with Crippen molar-refractivity contribution in [1.29, 1.82) is 0 Å². The van der Waals surface area contributed by atoms with Crippen LogP contribution in [-0.4, -0.2) is 29.9 Å². The van der Waals surface area contributed by atoms with E-state index in [1.807, 2.05) is 0 Å². The largest absolute Gasteiger partial charge is 0.381 e. The SMILES string of the molecule is CC1(c2nc(CC3CCOC3)no2)CCCN1. The molecule has 0 aliphatic carbocycles. The van der Waals surface area contributed by atoms with E-state index in [9.17, 15) is 0 Å². The molecule has 1 aromatic rings. The predicted octanol–water partition coefficient (Wildman–Crippen LogP) is 1.25. The Labute approximate surface area is 101 Å². The third-order valence-electron chi connectivity index (χ3n) is 3.80. The first kappa shape index (κ1) is 11.2. The fourth-order valence-electron chi connectivity index (χ4n) is 2.64. The van der Waals surface area contributed by atoms with Crippen molar-refractivity contribution in [3.8, 4) is 0 Å². The van der Waals surface area contributed by atoms with Crippen molar-refractivity contribution in [3.05, 3.63) is 11.7 Å². The monoisotopic (exact) mass is 237 g/mol. The lowest BCUT2D eigenvalue weighted by Gasteiger charge is -2.18. The van der Waals surface area contributed by atoms with E-state index >= 15 is 0 Å². The van der Waals surface area contributed by atoms with Gasteiger partial charge in [0.1, 0.15) is 0 Å². The topological polar surface area (TPSA) is 60.2 Å². The van der Waals surface area contributed by atoms with E-state index < -0.39 is 0 Å². The van der Waals surface area contributed by atoms with E-state index in [2.05, 4.69) is 22.4 Å². The summed E-state index contributed by atoms with van der Waals surface area (Å²) in [5.74, 6) is 2.12. The van der Waals surface area contributed by atoms with Gasteiger partial charge in [-0.2, -0.15) is 4.98 Å². The summed E-state index contributed by atoms with van der Waals surface area (Å²) in [7, 11) is 0. The van der Waals surface area contributed by atoms with Crippen molar-refractivity contribution < 1.29 is 9.26 Å². The fourth-order valence-corrected chi connectivity index (χ4v) is 2.64. The van der Waals surface area contributed by atoms with Gasteiger partial charge < -0.3 is 14.6 Å². The average molecular weight is 237 g/mol. The van der Waals surface area contributed by atoms with Gasteiger partial charge in [0.2, 0.25) is 5.89 Å². The second-order valence-corrected chi connectivity index (χ2v) is 5.31. The molecular weight excluding hydrogens is 218 g/mol. The van der Waals surface area contributed by atoms with Crippen LogP contribution in [0.15, 0.2) is 4.52 Å². The van der Waals surface area contributed by atoms with E-state index in [-0.39, 0.29) is 5.54 Å². The van der Waals surface area contributed by atoms with Crippen molar-refractivity contribution in [2.75, 3.05) is 19.8 Å². The van der Waals surface area contributed by atoms with Crippen molar-refractivity contribution in [2.45, 2.75) is 38.1 Å². The Hall–Kier alpha value is -0.940. The minimum Gasteiger partial charge on any atom is -0.381 e. The number of aromatic nitrogens is 2. The van der Waals surface area contributed by atoms with Gasteiger partial charge in [-0.15, -0.1) is 0 Å². The van der Waals surface area contributed by atoms with Gasteiger partial charge in [-0.3, -0.25) is 0 Å². The van der Waals surface area contributed by atoms with Crippen LogP contribution in [0.25, 0.3) is 0 Å². The number of nitrogens with zero attached hydrogens (tertiary/aromatic N) is 2. The zero-order chi connectivity index (χ0) is 11.7. The molecule has 1 aromatic heterocycles. The van der Waals surface area contributed by atoms with Gasteiger partial charge in [0.15, 0.2) is 5.82 Å². The third-order valence-corrected chi connectivity index (χ3v) is 3.80. The summed E-state index contributed by atoms with van der Waals surface area (Å²) < 4.78 is 10.8. The van der Waals surface area contributed by atoms with Crippen LogP contribution in [0.1, 0.15) is 37.9 Å². The van der Waals surface area contributed by atoms with Crippen LogP contribution in [0.3, 0.4) is 0 Å². The summed E-state index contributed by atoms with van der Waals surface area (Å²) in [4.78, 5) is 4.53. The zero-order valence-corrected chi connectivity index (χ0v) is 10.2. The molecule has 5 heteroatoms. The Morgan fingerprint density at radius 3 is 3.18 bits per heavy atom. The summed E-state index contributed by atoms with van der Waals surface area (Å²) in [5.41, 5.74) is -0.114. The highest BCUT2D eigenvalue weighted by Crippen LogP contribution is 2.29. The lowest BCUT2D eigenvalue weighted by atomic mass is 10.0. The van der Waals surface area contributed by atoms with Gasteiger partial charge in [-0.05, 0) is 38.6 Å². The predicted molar refractivity (Wildman–Crippen MR) is 61.5 cm³/mol. The molecule has 0 bridgehead atoms. The van der Waals surface area contributed by atoms with Gasteiger partial charge in [0.05, 0.1) is 5.54 Å². The van der Waals surface area contributed by atoms with Gasteiger partial charge in [0.25, 0.3) is 0 Å². The number of hydrogen-bond donors (Lipinski definition) is 1. The van der Waals surface area contributed by atoms with Gasteiger partial charge in [0, 0.05) is 19.6 Å². The molecule has 3 rings (SSSR count). The number of rotatable bonds is 3. The van der Waals surface area contributed by atoms with Gasteiger partial charge in [-0.1, -0.05) is 5.16 Å². The minimum atomic E-state index is -0.114. The molecule has 0 aromatic carbocycles. The second kappa shape index (κ2) is 4.38. The normalized spacial score (nSPS) is 33.4. The molecule has 0 amide bonds. The van der Waals surface area contributed by atoms with Gasteiger partial charge in [-0.25, -0.2) is 0 Å². The first-order valence-electron chi connectivity index (χ1n) is 6.42. The van der Waals surface area contributed by atoms with E-state index in [0.717, 1.165) is 50.7 Å². The van der Waals surface area contributed by atoms with Crippen molar-refractivity contribution >= 4 is 0 Å². The van der Waals surface area contributed by atoms with Crippen LogP contribution in [0.5, 0.6) is 0 Å². The molecule has 2 atom stereocenters. The molecule has 3 heterocycles. The Balaban J connectivity index is 1.69. The molecule has 2 saturated heterocycles. The van der Waals surface area contributed by atoms with E-state index in [0.29, 0.717) is 5.92 Å². The molecule has 0 saturated carbocycles. The van der Waals surface area contributed by atoms with Crippen molar-refractivity contribution in [1.82, 2.24) is 15.5 Å². The minimum absolute atomic E-state index is 0.114. The molecule has 1 N–H and O–H groups in total. The van der Waals surface area contributed by atoms with E-state index in [1.165, 1.54) is 6.42 Å². The molecule has 17 heavy (non-hydrogen) atoms. The van der Waals surface area contributed by atoms with E-state index in [4.69, 9.17) is 9.26 Å². The van der Waals surface area contributed by atoms with Crippen LogP contribution in [0, 0.1) is 5.92 Å². The molecule has 0 radical (unpaired) electrons. The molecule has 2 aliphatic heterocycles. The van der Waals surface area contributed by atoms with Crippen LogP contribution >= 0.6 is 0 Å². The highest BCUT2D eigenvalue weighted by molar-refractivity contribution is 5.04. The summed E-state index contributed by atoms with van der Waals surface area (Å²) in [5, 5.41) is 7.52. The maximum atomic E-state index is 5.40. The maximum absolute atomic E-state index is 5.40. The van der Waals surface area contributed by atoms with Crippen LogP contribution in [-0.2, 0) is 16.7 Å². The lowest BCUT2D eigenvalue weighted by Crippen LogP contribution is -2.33. The lowest BCUT2D eigenvalue weighted by molar-refractivity contribution is 0.185. The molecule has 2 fully saturated rings. The summed E-state index contributed by atoms with van der Waals surface area (Å²) >= 11 is 0. The van der Waals surface area contributed by atoms with Gasteiger partial charge >= 0.3 is 0 Å². The molecule has 2 aliphatic rings. The first-order valence-corrected chi connectivity index (χ1v) is 6.42. The van der Waals surface area contributed by atoms with E-state index in [1.54, 1.807) is 0 Å². The maximum Gasteiger partial charge on any atom is 0.246 e. The second-order valence-electron chi connectivity index (χ2n) is 5.31. The van der Waals surface area contributed by atoms with Crippen molar-refractivity contribution in [2.24, 2.45) is 5.92 Å². The molecule has 0 spiro atoms. The number of ether oxygens (including phenoxy) is 1. The molecule has 5 nitrogen and oxygen atoms in total. The van der Waals surface area contributed by atoms with Crippen LogP contribution < -0.4 is 5.32 Å². The molecular formula is C12H19N3O2. The Morgan fingerprint density at radius 2 is 2.47 bits per heavy atom. The highest BCUT2D eigenvalue weighted by Gasteiger charge is 2.35. The average Bonchev–Trinajstić information content (AvgIpc) is 3.00. The Kier molecular flexibility index (Phi) is 2.88. The standard InChI is InChI=1S/C12H19N3O2/c1-12(4-2-5-13-12)11-14-10(15-17-11)7-9-3-6-16-8-9/h9,13H,2-8H2,1H3. The van der Waals surface area contributed by atoms with Crippen LogP contribution in [0.2, 0.25) is 0 Å². The number of hydrogen-bond acceptors (Lipinski definition) is 5. The Bertz CT molecular complexity index is 379. The van der Waals surface area contributed by atoms with Crippen LogP contribution in [0.4, 0.5) is 0 Å². The Morgan fingerprint density at radius 1 is 1.53 bits per heavy atom. The van der Waals surface area contributed by atoms with Crippen molar-refractivity contribution in [3.63, 3.8) is 0 Å². The molecule has 94 valence electrons. The quantitative estimate of drug-likeness (QED) is 0.857. The smallest absolute Gasteiger partial charge is 0.246 e. The summed E-state index contributed by atoms with van der Waals surface area (Å²) in [6.45, 7) is 4.87. The summed E-state index contributed by atoms with van der Waals surface area (Å²) in [6.07, 6.45) is 4.23. The fraction of sp³-hybridized carbons (Fsp3) is 0.833. The molecule has 2 unspecified atom stereocenters. The third kappa shape index (κ3) is 2.21. The highest BCUT2D eigenvalue weighted by atomic mass is 16.5. The summed E-state index contributed by atoms with van der Waals surface area (Å²) in [6, 6.07) is 0. The zero-order valence-electron chi connectivity index (χ0n) is 10.2. The number of nitrogens with one attached hydrogen (secondary N) is 1. The first-order chi connectivity index (χ1) is 8.26.